The number of esters is 2. The van der Waals surface area contributed by atoms with Gasteiger partial charge in [-0.1, -0.05) is 0 Å². The van der Waals surface area contributed by atoms with Crippen LogP contribution in [0.25, 0.3) is 22.3 Å². The molecule has 2 aliphatic heterocycles. The Morgan fingerprint density at radius 2 is 1.45 bits per heavy atom. The first-order valence-corrected chi connectivity index (χ1v) is 15.3. The van der Waals surface area contributed by atoms with Crippen LogP contribution in [0.2, 0.25) is 0 Å². The average Bonchev–Trinajstić information content (AvgIpc) is 3.06. The Morgan fingerprint density at radius 1 is 0.784 bits per heavy atom. The minimum Gasteiger partial charge on any atom is -0.504 e. The minimum atomic E-state index is -2.04. The molecule has 2 aromatic carbocycles. The van der Waals surface area contributed by atoms with Gasteiger partial charge >= 0.3 is 11.9 Å². The third kappa shape index (κ3) is 7.31. The smallest absolute Gasteiger partial charge is 0.303 e. The first-order chi connectivity index (χ1) is 24.0. The van der Waals surface area contributed by atoms with Crippen LogP contribution >= 0.6 is 0 Å². The Hall–Kier alpha value is -4.89. The predicted molar refractivity (Wildman–Crippen MR) is 166 cm³/mol. The molecule has 2 saturated heterocycles. The van der Waals surface area contributed by atoms with Crippen LogP contribution in [0.4, 0.5) is 0 Å². The Morgan fingerprint density at radius 3 is 2.08 bits per heavy atom. The maximum Gasteiger partial charge on any atom is 0.303 e. The van der Waals surface area contributed by atoms with Crippen LogP contribution in [-0.2, 0) is 33.3 Å². The molecule has 8 N–H and O–H groups in total. The van der Waals surface area contributed by atoms with Gasteiger partial charge in [0.15, 0.2) is 47.3 Å². The number of methoxy groups -OCH3 is 1. The van der Waals surface area contributed by atoms with Gasteiger partial charge in [0, 0.05) is 25.5 Å². The molecule has 2 fully saturated rings. The van der Waals surface area contributed by atoms with Crippen molar-refractivity contribution < 1.29 is 88.0 Å². The molecule has 0 unspecified atom stereocenters. The summed E-state index contributed by atoms with van der Waals surface area (Å²) >= 11 is 0. The van der Waals surface area contributed by atoms with E-state index in [9.17, 15) is 55.2 Å². The molecular formula is C32H36O19. The summed E-state index contributed by atoms with van der Waals surface area (Å²) in [5.74, 6) is -5.92. The lowest BCUT2D eigenvalue weighted by atomic mass is 9.98. The fraction of sp³-hybridized carbons (Fsp3) is 0.469. The number of rotatable bonds is 9. The van der Waals surface area contributed by atoms with Crippen molar-refractivity contribution in [2.24, 2.45) is 0 Å². The van der Waals surface area contributed by atoms with Gasteiger partial charge in [-0.2, -0.15) is 0 Å². The summed E-state index contributed by atoms with van der Waals surface area (Å²) in [4.78, 5) is 37.3. The predicted octanol–water partition coefficient (Wildman–Crippen LogP) is -0.537. The van der Waals surface area contributed by atoms with Gasteiger partial charge in [0.2, 0.25) is 23.2 Å². The molecule has 1 aromatic heterocycles. The van der Waals surface area contributed by atoms with Crippen LogP contribution in [0, 0.1) is 0 Å². The second kappa shape index (κ2) is 14.8. The molecule has 19 nitrogen and oxygen atoms in total. The van der Waals surface area contributed by atoms with E-state index >= 15 is 0 Å². The molecule has 0 amide bonds. The highest BCUT2D eigenvalue weighted by Gasteiger charge is 2.50. The van der Waals surface area contributed by atoms with Crippen LogP contribution in [0.1, 0.15) is 20.8 Å². The first-order valence-electron chi connectivity index (χ1n) is 15.3. The lowest BCUT2D eigenvalue weighted by molar-refractivity contribution is -0.320. The number of aliphatic hydroxyl groups is 4. The number of fused-ring (bicyclic) bond motifs is 1. The van der Waals surface area contributed by atoms with E-state index in [1.807, 2.05) is 0 Å². The normalized spacial score (nSPS) is 29.3. The van der Waals surface area contributed by atoms with Gasteiger partial charge in [0.05, 0.1) is 19.8 Å². The van der Waals surface area contributed by atoms with Gasteiger partial charge in [-0.05, 0) is 25.1 Å². The zero-order valence-electron chi connectivity index (χ0n) is 27.4. The number of ether oxygens (including phenoxy) is 7. The van der Waals surface area contributed by atoms with Crippen molar-refractivity contribution in [3.8, 4) is 45.8 Å². The number of hydrogen-bond donors (Lipinski definition) is 8. The van der Waals surface area contributed by atoms with Crippen LogP contribution in [-0.4, -0.2) is 128 Å². The van der Waals surface area contributed by atoms with Crippen LogP contribution in [0.15, 0.2) is 33.5 Å². The lowest BCUT2D eigenvalue weighted by Gasteiger charge is -2.43. The van der Waals surface area contributed by atoms with E-state index in [-0.39, 0.29) is 11.1 Å². The van der Waals surface area contributed by atoms with E-state index in [4.69, 9.17) is 37.6 Å². The zero-order chi connectivity index (χ0) is 37.5. The molecule has 2 aliphatic rings. The summed E-state index contributed by atoms with van der Waals surface area (Å²) in [6.45, 7) is 2.92. The van der Waals surface area contributed by atoms with Gasteiger partial charge < -0.3 is 78.4 Å². The molecular weight excluding hydrogens is 688 g/mol. The summed E-state index contributed by atoms with van der Waals surface area (Å²) in [6, 6.07) is 4.23. The lowest BCUT2D eigenvalue weighted by Crippen LogP contribution is -2.62. The first kappa shape index (κ1) is 37.4. The fourth-order valence-electron chi connectivity index (χ4n) is 5.71. The average molecular weight is 725 g/mol. The molecule has 19 heteroatoms. The van der Waals surface area contributed by atoms with Crippen molar-refractivity contribution in [3.63, 3.8) is 0 Å². The molecule has 51 heavy (non-hydrogen) atoms. The summed E-state index contributed by atoms with van der Waals surface area (Å²) in [6.07, 6.45) is -16.3. The summed E-state index contributed by atoms with van der Waals surface area (Å²) < 4.78 is 43.9. The minimum absolute atomic E-state index is 0.0782. The van der Waals surface area contributed by atoms with E-state index in [2.05, 4.69) is 0 Å². The van der Waals surface area contributed by atoms with Crippen molar-refractivity contribution in [2.75, 3.05) is 13.7 Å². The van der Waals surface area contributed by atoms with Crippen molar-refractivity contribution in [1.29, 1.82) is 0 Å². The van der Waals surface area contributed by atoms with Gasteiger partial charge in [-0.3, -0.25) is 14.4 Å². The number of aliphatic hydroxyl groups excluding tert-OH is 4. The van der Waals surface area contributed by atoms with Gasteiger partial charge in [0.25, 0.3) is 0 Å². The molecule has 0 saturated carbocycles. The number of hydrogen-bond acceptors (Lipinski definition) is 19. The topological polar surface area (TPSA) is 291 Å². The monoisotopic (exact) mass is 724 g/mol. The van der Waals surface area contributed by atoms with Crippen LogP contribution in [0.5, 0.6) is 34.5 Å². The van der Waals surface area contributed by atoms with E-state index in [0.717, 1.165) is 39.2 Å². The fourth-order valence-corrected chi connectivity index (χ4v) is 5.71. The number of carbonyl (C=O) groups excluding carboxylic acids is 2. The van der Waals surface area contributed by atoms with Crippen molar-refractivity contribution in [1.82, 2.24) is 0 Å². The zero-order valence-corrected chi connectivity index (χ0v) is 27.4. The van der Waals surface area contributed by atoms with Gasteiger partial charge in [-0.25, -0.2) is 0 Å². The Bertz CT molecular complexity index is 1840. The Labute approximate surface area is 287 Å². The molecule has 0 bridgehead atoms. The van der Waals surface area contributed by atoms with Crippen LogP contribution < -0.4 is 14.9 Å². The maximum absolute atomic E-state index is 13.9. The molecule has 3 heterocycles. The standard InChI is InChI=1S/C32H36O19/c1-10-26(47-11(2)33)25(43)30(48-12(3)34)32(46-10)45-9-18-20(38)23(41)24(42)31(50-18)51-29-22(40)19-17(8-16(37)28(44-4)21(19)39)49-27(29)13-5-6-14(35)15(36)7-13/h5-8,10,18,20,23-26,30-32,35-39,41-43H,9H2,1-4H3/t10-,18+,20+,23-,24+,25+,26-,30+,31-,32+/m0/s1. The molecule has 0 spiro atoms. The molecule has 0 aliphatic carbocycles. The summed E-state index contributed by atoms with van der Waals surface area (Å²) in [5, 5.41) is 83.8. The van der Waals surface area contributed by atoms with Gasteiger partial charge in [-0.15, -0.1) is 0 Å². The molecule has 278 valence electrons. The second-order valence-corrected chi connectivity index (χ2v) is 11.8. The quantitative estimate of drug-likeness (QED) is 0.102. The Kier molecular flexibility index (Phi) is 10.8. The summed E-state index contributed by atoms with van der Waals surface area (Å²) in [5.41, 5.74) is -1.56. The van der Waals surface area contributed by atoms with E-state index in [0.29, 0.717) is 0 Å². The SMILES string of the molecule is COc1c(O)cc2oc(-c3ccc(O)c(O)c3)c(O[C@@H]3O[C@H](CO[C@@H]4O[C@@H](C)[C@H](OC(C)=O)[C@@H](O)[C@H]4OC(C)=O)[C@@H](O)[C@H](O)[C@H]3O)c(=O)c2c1O. The largest absolute Gasteiger partial charge is 0.504 e. The number of carbonyl (C=O) groups is 2. The molecule has 5 rings (SSSR count). The van der Waals surface area contributed by atoms with Gasteiger partial charge in [0.1, 0.15) is 41.5 Å². The number of aromatic hydroxyl groups is 4. The summed E-state index contributed by atoms with van der Waals surface area (Å²) in [7, 11) is 1.11. The highest BCUT2D eigenvalue weighted by atomic mass is 16.7. The number of phenolic OH excluding ortho intramolecular Hbond substituents is 4. The van der Waals surface area contributed by atoms with E-state index < -0.39 is 131 Å². The molecule has 3 aromatic rings. The molecule has 0 radical (unpaired) electrons. The number of phenols is 4. The molecule has 10 atom stereocenters. The van der Waals surface area contributed by atoms with E-state index in [1.54, 1.807) is 0 Å². The Balaban J connectivity index is 1.48. The maximum atomic E-state index is 13.9. The van der Waals surface area contributed by atoms with Crippen LogP contribution in [0.3, 0.4) is 0 Å². The third-order valence-corrected chi connectivity index (χ3v) is 8.18. The van der Waals surface area contributed by atoms with Crippen molar-refractivity contribution in [2.45, 2.75) is 82.2 Å². The number of benzene rings is 2. The highest BCUT2D eigenvalue weighted by molar-refractivity contribution is 5.91. The van der Waals surface area contributed by atoms with E-state index in [1.165, 1.54) is 13.0 Å². The van der Waals surface area contributed by atoms with Crippen molar-refractivity contribution in [3.05, 3.63) is 34.5 Å². The highest BCUT2D eigenvalue weighted by Crippen LogP contribution is 2.44. The third-order valence-electron chi connectivity index (χ3n) is 8.18. The second-order valence-electron chi connectivity index (χ2n) is 11.8. The van der Waals surface area contributed by atoms with Crippen molar-refractivity contribution >= 4 is 22.9 Å².